The second-order valence-electron chi connectivity index (χ2n) is 5.17. The molecule has 2 heterocycles. The first-order valence-electron chi connectivity index (χ1n) is 7.28. The van der Waals surface area contributed by atoms with Crippen molar-refractivity contribution in [1.82, 2.24) is 30.1 Å². The van der Waals surface area contributed by atoms with Gasteiger partial charge in [0.25, 0.3) is 0 Å². The molecule has 3 rings (SSSR count). The molecule has 1 aromatic carbocycles. The molecule has 0 saturated heterocycles. The highest BCUT2D eigenvalue weighted by Gasteiger charge is 2.10. The summed E-state index contributed by atoms with van der Waals surface area (Å²) < 4.78 is 2.19. The molecule has 0 radical (unpaired) electrons. The number of hydrogen-bond donors (Lipinski definition) is 1. The molecule has 1 N–H and O–H groups in total. The largest absolute Gasteiger partial charge is 0.339 e. The minimum absolute atomic E-state index is 0.641. The van der Waals surface area contributed by atoms with Crippen LogP contribution < -0.4 is 5.32 Å². The molecule has 0 bridgehead atoms. The number of rotatable bonds is 6. The van der Waals surface area contributed by atoms with Gasteiger partial charge in [-0.2, -0.15) is 4.80 Å². The smallest absolute Gasteiger partial charge is 0.194 e. The Morgan fingerprint density at radius 1 is 1.24 bits per heavy atom. The Morgan fingerprint density at radius 2 is 2.10 bits per heavy atom. The van der Waals surface area contributed by atoms with Crippen LogP contribution in [0.15, 0.2) is 30.5 Å². The Bertz CT molecular complexity index is 727. The number of aromatic nitrogens is 5. The van der Waals surface area contributed by atoms with Crippen LogP contribution in [0, 0.1) is 0 Å². The molecule has 0 aliphatic rings. The second kappa shape index (κ2) is 6.05. The van der Waals surface area contributed by atoms with Crippen LogP contribution in [0.5, 0.6) is 0 Å². The van der Waals surface area contributed by atoms with Crippen molar-refractivity contribution in [2.75, 3.05) is 6.54 Å². The van der Waals surface area contributed by atoms with Crippen molar-refractivity contribution in [3.8, 4) is 0 Å². The van der Waals surface area contributed by atoms with Gasteiger partial charge in [-0.3, -0.25) is 0 Å². The SMILES string of the molecule is CCCNCc1cn(Cc2nnn(C)n2)c2ccccc12. The monoisotopic (exact) mass is 284 g/mol. The van der Waals surface area contributed by atoms with Crippen molar-refractivity contribution in [1.29, 1.82) is 0 Å². The topological polar surface area (TPSA) is 60.6 Å². The van der Waals surface area contributed by atoms with Gasteiger partial charge < -0.3 is 9.88 Å². The highest BCUT2D eigenvalue weighted by atomic mass is 15.6. The van der Waals surface area contributed by atoms with Crippen LogP contribution in [-0.4, -0.2) is 31.3 Å². The van der Waals surface area contributed by atoms with Crippen LogP contribution in [-0.2, 0) is 20.1 Å². The van der Waals surface area contributed by atoms with Gasteiger partial charge in [-0.05, 0) is 29.8 Å². The Kier molecular flexibility index (Phi) is 3.96. The van der Waals surface area contributed by atoms with E-state index < -0.39 is 0 Å². The van der Waals surface area contributed by atoms with Gasteiger partial charge in [0, 0.05) is 23.6 Å². The number of aryl methyl sites for hydroxylation is 1. The van der Waals surface area contributed by atoms with E-state index in [2.05, 4.69) is 62.7 Å². The maximum atomic E-state index is 4.26. The highest BCUT2D eigenvalue weighted by molar-refractivity contribution is 5.84. The molecular weight excluding hydrogens is 264 g/mol. The zero-order valence-corrected chi connectivity index (χ0v) is 12.5. The van der Waals surface area contributed by atoms with E-state index in [1.54, 1.807) is 7.05 Å². The minimum atomic E-state index is 0.641. The Labute approximate surface area is 123 Å². The van der Waals surface area contributed by atoms with E-state index in [0.29, 0.717) is 6.54 Å². The molecule has 0 saturated carbocycles. The van der Waals surface area contributed by atoms with Crippen molar-refractivity contribution in [2.24, 2.45) is 7.05 Å². The van der Waals surface area contributed by atoms with E-state index >= 15 is 0 Å². The molecule has 110 valence electrons. The quantitative estimate of drug-likeness (QED) is 0.700. The maximum absolute atomic E-state index is 4.26. The number of benzene rings is 1. The third-order valence-electron chi connectivity index (χ3n) is 3.47. The van der Waals surface area contributed by atoms with E-state index in [1.165, 1.54) is 21.3 Å². The summed E-state index contributed by atoms with van der Waals surface area (Å²) in [4.78, 5) is 1.49. The standard InChI is InChI=1S/C15H20N6/c1-3-8-16-9-12-10-21(11-15-17-19-20(2)18-15)14-7-5-4-6-13(12)14/h4-7,10,16H,3,8-9,11H2,1-2H3. The fourth-order valence-electron chi connectivity index (χ4n) is 2.53. The lowest BCUT2D eigenvalue weighted by atomic mass is 10.2. The first-order chi connectivity index (χ1) is 10.3. The number of fused-ring (bicyclic) bond motifs is 1. The van der Waals surface area contributed by atoms with Crippen molar-refractivity contribution < 1.29 is 0 Å². The number of tetrazole rings is 1. The number of para-hydroxylation sites is 1. The highest BCUT2D eigenvalue weighted by Crippen LogP contribution is 2.21. The van der Waals surface area contributed by atoms with Crippen LogP contribution in [0.25, 0.3) is 10.9 Å². The summed E-state index contributed by atoms with van der Waals surface area (Å²) in [5.41, 5.74) is 2.51. The lowest BCUT2D eigenvalue weighted by Crippen LogP contribution is -2.13. The summed E-state index contributed by atoms with van der Waals surface area (Å²) >= 11 is 0. The van der Waals surface area contributed by atoms with Gasteiger partial charge in [0.15, 0.2) is 5.82 Å². The van der Waals surface area contributed by atoms with Crippen molar-refractivity contribution >= 4 is 10.9 Å². The van der Waals surface area contributed by atoms with E-state index in [-0.39, 0.29) is 0 Å². The van der Waals surface area contributed by atoms with Crippen LogP contribution in [0.3, 0.4) is 0 Å². The minimum Gasteiger partial charge on any atom is -0.339 e. The van der Waals surface area contributed by atoms with Gasteiger partial charge in [-0.1, -0.05) is 25.1 Å². The van der Waals surface area contributed by atoms with Crippen molar-refractivity contribution in [2.45, 2.75) is 26.4 Å². The van der Waals surface area contributed by atoms with Gasteiger partial charge in [0.05, 0.1) is 13.6 Å². The first-order valence-corrected chi connectivity index (χ1v) is 7.28. The first kappa shape index (κ1) is 13.8. The van der Waals surface area contributed by atoms with Crippen LogP contribution in [0.1, 0.15) is 24.7 Å². The molecule has 0 atom stereocenters. The fraction of sp³-hybridized carbons (Fsp3) is 0.400. The molecule has 0 spiro atoms. The zero-order valence-electron chi connectivity index (χ0n) is 12.5. The molecule has 6 heteroatoms. The third kappa shape index (κ3) is 2.95. The predicted molar refractivity (Wildman–Crippen MR) is 81.8 cm³/mol. The summed E-state index contributed by atoms with van der Waals surface area (Å²) in [6.07, 6.45) is 3.33. The Balaban J connectivity index is 1.90. The van der Waals surface area contributed by atoms with E-state index in [9.17, 15) is 0 Å². The lowest BCUT2D eigenvalue weighted by molar-refractivity contribution is 0.625. The van der Waals surface area contributed by atoms with E-state index in [4.69, 9.17) is 0 Å². The number of hydrogen-bond acceptors (Lipinski definition) is 4. The summed E-state index contributed by atoms with van der Waals surface area (Å²) in [6, 6.07) is 8.44. The Hall–Kier alpha value is -2.21. The van der Waals surface area contributed by atoms with Crippen LogP contribution in [0.2, 0.25) is 0 Å². The molecule has 0 fully saturated rings. The number of nitrogens with one attached hydrogen (secondary N) is 1. The second-order valence-corrected chi connectivity index (χ2v) is 5.17. The Morgan fingerprint density at radius 3 is 2.86 bits per heavy atom. The average Bonchev–Trinajstić information content (AvgIpc) is 3.05. The molecule has 0 aliphatic carbocycles. The molecule has 3 aromatic rings. The van der Waals surface area contributed by atoms with Gasteiger partial charge in [-0.15, -0.1) is 10.2 Å². The average molecular weight is 284 g/mol. The molecular formula is C15H20N6. The van der Waals surface area contributed by atoms with E-state index in [0.717, 1.165) is 25.3 Å². The molecule has 6 nitrogen and oxygen atoms in total. The van der Waals surface area contributed by atoms with Crippen LogP contribution in [0.4, 0.5) is 0 Å². The van der Waals surface area contributed by atoms with Crippen molar-refractivity contribution in [3.05, 3.63) is 41.9 Å². The fourth-order valence-corrected chi connectivity index (χ4v) is 2.53. The normalized spacial score (nSPS) is 11.3. The van der Waals surface area contributed by atoms with Crippen molar-refractivity contribution in [3.63, 3.8) is 0 Å². The summed E-state index contributed by atoms with van der Waals surface area (Å²) in [6.45, 7) is 4.73. The summed E-state index contributed by atoms with van der Waals surface area (Å²) in [5, 5.41) is 17.0. The van der Waals surface area contributed by atoms with Gasteiger partial charge >= 0.3 is 0 Å². The molecule has 0 aliphatic heterocycles. The van der Waals surface area contributed by atoms with Gasteiger partial charge in [0.2, 0.25) is 0 Å². The summed E-state index contributed by atoms with van der Waals surface area (Å²) in [5.74, 6) is 0.728. The molecule has 2 aromatic heterocycles. The maximum Gasteiger partial charge on any atom is 0.194 e. The molecule has 21 heavy (non-hydrogen) atoms. The predicted octanol–water partition coefficient (Wildman–Crippen LogP) is 1.71. The van der Waals surface area contributed by atoms with Gasteiger partial charge in [-0.25, -0.2) is 0 Å². The van der Waals surface area contributed by atoms with Gasteiger partial charge in [0.1, 0.15) is 0 Å². The van der Waals surface area contributed by atoms with Crippen LogP contribution >= 0.6 is 0 Å². The molecule has 0 amide bonds. The summed E-state index contributed by atoms with van der Waals surface area (Å²) in [7, 11) is 1.78. The number of nitrogens with zero attached hydrogens (tertiary/aromatic N) is 5. The molecule has 0 unspecified atom stereocenters. The lowest BCUT2D eigenvalue weighted by Gasteiger charge is -2.00. The third-order valence-corrected chi connectivity index (χ3v) is 3.47. The van der Waals surface area contributed by atoms with E-state index in [1.807, 2.05) is 0 Å². The zero-order chi connectivity index (χ0) is 14.7.